The molecule has 0 unspecified atom stereocenters. The van der Waals surface area contributed by atoms with Crippen molar-refractivity contribution in [2.45, 2.75) is 0 Å². The summed E-state index contributed by atoms with van der Waals surface area (Å²) in [4.78, 5) is 18.8. The molecule has 0 amide bonds. The molecule has 7 heteroatoms. The molecule has 0 aliphatic rings. The number of hydrogen-bond acceptors (Lipinski definition) is 7. The zero-order valence-corrected chi connectivity index (χ0v) is 18.9. The van der Waals surface area contributed by atoms with Crippen LogP contribution in [0.2, 0.25) is 0 Å². The lowest BCUT2D eigenvalue weighted by Crippen LogP contribution is -1.92. The van der Waals surface area contributed by atoms with Gasteiger partial charge in [0.25, 0.3) is 0 Å². The van der Waals surface area contributed by atoms with Gasteiger partial charge in [0.05, 0.1) is 23.8 Å². The molecule has 3 nitrogen and oxygen atoms in total. The summed E-state index contributed by atoms with van der Waals surface area (Å²) in [6.07, 6.45) is 3.61. The van der Waals surface area contributed by atoms with E-state index < -0.39 is 0 Å². The number of aromatic nitrogens is 1. The van der Waals surface area contributed by atoms with Crippen molar-refractivity contribution in [3.05, 3.63) is 88.9 Å². The van der Waals surface area contributed by atoms with Gasteiger partial charge in [-0.15, -0.1) is 45.3 Å². The molecular weight excluding hydrogens is 447 g/mol. The van der Waals surface area contributed by atoms with Crippen LogP contribution in [0.4, 0.5) is 10.0 Å². The molecule has 0 N–H and O–H groups in total. The van der Waals surface area contributed by atoms with Crippen molar-refractivity contribution in [3.8, 4) is 19.5 Å². The molecule has 0 aliphatic heterocycles. The zero-order chi connectivity index (χ0) is 20.2. The number of aliphatic imine (C=N–C) groups is 2. The van der Waals surface area contributed by atoms with Crippen molar-refractivity contribution in [3.63, 3.8) is 0 Å². The van der Waals surface area contributed by atoms with Gasteiger partial charge in [-0.3, -0.25) is 0 Å². The van der Waals surface area contributed by atoms with Gasteiger partial charge >= 0.3 is 0 Å². The Kier molecular flexibility index (Phi) is 5.76. The second kappa shape index (κ2) is 8.97. The van der Waals surface area contributed by atoms with E-state index in [1.165, 1.54) is 19.5 Å². The highest BCUT2D eigenvalue weighted by molar-refractivity contribution is 7.24. The van der Waals surface area contributed by atoms with Gasteiger partial charge in [0.15, 0.2) is 0 Å². The lowest BCUT2D eigenvalue weighted by Gasteiger charge is -1.95. The predicted octanol–water partition coefficient (Wildman–Crippen LogP) is 8.16. The van der Waals surface area contributed by atoms with Gasteiger partial charge in [0, 0.05) is 19.5 Å². The summed E-state index contributed by atoms with van der Waals surface area (Å²) in [5.74, 6) is 0. The fourth-order valence-electron chi connectivity index (χ4n) is 2.77. The highest BCUT2D eigenvalue weighted by Gasteiger charge is 2.04. The van der Waals surface area contributed by atoms with E-state index in [2.05, 4.69) is 62.1 Å². The molecule has 5 rings (SSSR count). The van der Waals surface area contributed by atoms with Crippen LogP contribution in [0.1, 0.15) is 11.4 Å². The van der Waals surface area contributed by atoms with Crippen molar-refractivity contribution in [1.82, 2.24) is 4.98 Å². The Labute approximate surface area is 190 Å². The molecule has 5 aromatic heterocycles. The molecule has 0 bridgehead atoms. The van der Waals surface area contributed by atoms with E-state index >= 15 is 0 Å². The van der Waals surface area contributed by atoms with E-state index in [0.29, 0.717) is 0 Å². The standard InChI is InChI=1S/C23H15N3S4/c1-4-16(14-24-22-10-8-20(29-22)18-6-2-12-27-18)26-17(5-1)15-25-23-11-9-21(30-23)19-7-3-13-28-19/h1-15H/b24-14+,25-15+. The maximum absolute atomic E-state index is 4.63. The molecule has 0 spiro atoms. The Bertz CT molecular complexity index is 1190. The highest BCUT2D eigenvalue weighted by atomic mass is 32.1. The molecule has 0 aliphatic carbocycles. The second-order valence-corrected chi connectivity index (χ2v) is 10.3. The van der Waals surface area contributed by atoms with Gasteiger partial charge in [-0.05, 0) is 59.3 Å². The molecule has 30 heavy (non-hydrogen) atoms. The molecule has 0 saturated carbocycles. The number of pyridine rings is 1. The molecule has 5 aromatic rings. The van der Waals surface area contributed by atoms with Gasteiger partial charge in [0.2, 0.25) is 0 Å². The maximum atomic E-state index is 4.63. The number of hydrogen-bond donors (Lipinski definition) is 0. The van der Waals surface area contributed by atoms with Crippen LogP contribution in [0, 0.1) is 0 Å². The molecule has 0 atom stereocenters. The van der Waals surface area contributed by atoms with E-state index in [1.54, 1.807) is 57.8 Å². The highest BCUT2D eigenvalue weighted by Crippen LogP contribution is 2.36. The summed E-state index contributed by atoms with van der Waals surface area (Å²) in [6, 6.07) is 22.6. The van der Waals surface area contributed by atoms with Crippen LogP contribution in [-0.4, -0.2) is 17.4 Å². The van der Waals surface area contributed by atoms with Crippen LogP contribution in [0.25, 0.3) is 19.5 Å². The SMILES string of the molecule is C(=N\c1ccc(-c2cccs2)s1)/c1cccc(/C=N/c2ccc(-c3cccs3)s2)n1. The zero-order valence-electron chi connectivity index (χ0n) is 15.6. The van der Waals surface area contributed by atoms with Gasteiger partial charge in [-0.1, -0.05) is 18.2 Å². The molecule has 0 saturated heterocycles. The van der Waals surface area contributed by atoms with E-state index in [1.807, 2.05) is 30.3 Å². The number of rotatable bonds is 6. The fraction of sp³-hybridized carbons (Fsp3) is 0. The van der Waals surface area contributed by atoms with E-state index in [-0.39, 0.29) is 0 Å². The Morgan fingerprint density at radius 1 is 0.567 bits per heavy atom. The van der Waals surface area contributed by atoms with E-state index in [9.17, 15) is 0 Å². The average Bonchev–Trinajstić information content (AvgIpc) is 3.57. The number of thiophene rings is 4. The molecule has 0 aromatic carbocycles. The first-order valence-corrected chi connectivity index (χ1v) is 12.6. The largest absolute Gasteiger partial charge is 0.246 e. The third-order valence-corrected chi connectivity index (χ3v) is 8.27. The van der Waals surface area contributed by atoms with Gasteiger partial charge < -0.3 is 0 Å². The monoisotopic (exact) mass is 461 g/mol. The van der Waals surface area contributed by atoms with Gasteiger partial charge in [0.1, 0.15) is 10.0 Å². The van der Waals surface area contributed by atoms with Crippen LogP contribution < -0.4 is 0 Å². The first kappa shape index (κ1) is 19.3. The summed E-state index contributed by atoms with van der Waals surface area (Å²) in [5.41, 5.74) is 1.63. The minimum Gasteiger partial charge on any atom is -0.246 e. The summed E-state index contributed by atoms with van der Waals surface area (Å²) < 4.78 is 0. The van der Waals surface area contributed by atoms with Crippen LogP contribution in [0.5, 0.6) is 0 Å². The minimum atomic E-state index is 0.815. The Morgan fingerprint density at radius 3 is 1.57 bits per heavy atom. The molecular formula is C23H15N3S4. The number of nitrogens with zero attached hydrogens (tertiary/aromatic N) is 3. The third kappa shape index (κ3) is 4.55. The van der Waals surface area contributed by atoms with Crippen molar-refractivity contribution >= 4 is 67.8 Å². The second-order valence-electron chi connectivity index (χ2n) is 6.23. The third-order valence-electron chi connectivity index (χ3n) is 4.15. The van der Waals surface area contributed by atoms with Crippen molar-refractivity contribution in [2.24, 2.45) is 9.98 Å². The van der Waals surface area contributed by atoms with Crippen LogP contribution in [0.15, 0.2) is 87.5 Å². The van der Waals surface area contributed by atoms with Crippen LogP contribution >= 0.6 is 45.3 Å². The van der Waals surface area contributed by atoms with Gasteiger partial charge in [-0.2, -0.15) is 0 Å². The summed E-state index contributed by atoms with van der Waals surface area (Å²) in [5, 5.41) is 6.13. The first-order valence-electron chi connectivity index (χ1n) is 9.16. The Balaban J connectivity index is 1.28. The summed E-state index contributed by atoms with van der Waals surface area (Å²) in [6.45, 7) is 0. The van der Waals surface area contributed by atoms with Crippen LogP contribution in [-0.2, 0) is 0 Å². The average molecular weight is 462 g/mol. The van der Waals surface area contributed by atoms with Gasteiger partial charge in [-0.25, -0.2) is 15.0 Å². The molecule has 0 fully saturated rings. The quantitative estimate of drug-likeness (QED) is 0.235. The smallest absolute Gasteiger partial charge is 0.116 e. The van der Waals surface area contributed by atoms with E-state index in [0.717, 1.165) is 21.4 Å². The molecule has 0 radical (unpaired) electrons. The minimum absolute atomic E-state index is 0.815. The summed E-state index contributed by atoms with van der Waals surface area (Å²) in [7, 11) is 0. The Hall–Kier alpha value is -2.71. The topological polar surface area (TPSA) is 37.6 Å². The Morgan fingerprint density at radius 2 is 1.10 bits per heavy atom. The van der Waals surface area contributed by atoms with Crippen molar-refractivity contribution in [2.75, 3.05) is 0 Å². The van der Waals surface area contributed by atoms with Crippen molar-refractivity contribution < 1.29 is 0 Å². The van der Waals surface area contributed by atoms with E-state index in [4.69, 9.17) is 0 Å². The van der Waals surface area contributed by atoms with Crippen LogP contribution in [0.3, 0.4) is 0 Å². The fourth-order valence-corrected chi connectivity index (χ4v) is 6.14. The lowest BCUT2D eigenvalue weighted by atomic mass is 10.3. The normalized spacial score (nSPS) is 11.7. The molecule has 146 valence electrons. The summed E-state index contributed by atoms with van der Waals surface area (Å²) >= 11 is 6.85. The molecule has 5 heterocycles. The first-order chi connectivity index (χ1) is 14.8. The predicted molar refractivity (Wildman–Crippen MR) is 134 cm³/mol. The lowest BCUT2D eigenvalue weighted by molar-refractivity contribution is 1.28. The maximum Gasteiger partial charge on any atom is 0.116 e. The van der Waals surface area contributed by atoms with Crippen molar-refractivity contribution in [1.29, 1.82) is 0 Å².